The first kappa shape index (κ1) is 27.3. The minimum Gasteiger partial charge on any atom is -0.463 e. The van der Waals surface area contributed by atoms with Gasteiger partial charge in [0.1, 0.15) is 12.7 Å². The summed E-state index contributed by atoms with van der Waals surface area (Å²) in [7, 11) is -4.63. The second kappa shape index (κ2) is 16.0. The monoisotopic (exact) mass is 450 g/mol. The smallest absolute Gasteiger partial charge is 0.463 e. The average molecular weight is 451 g/mol. The van der Waals surface area contributed by atoms with Gasteiger partial charge in [0.2, 0.25) is 0 Å². The highest BCUT2D eigenvalue weighted by molar-refractivity contribution is 7.46. The zero-order valence-corrected chi connectivity index (χ0v) is 19.0. The van der Waals surface area contributed by atoms with Gasteiger partial charge in [0.25, 0.3) is 0 Å². The summed E-state index contributed by atoms with van der Waals surface area (Å²) in [5, 5.41) is 9.43. The average Bonchev–Trinajstić information content (AvgIpc) is 3.44. The number of hydrogen-bond donors (Lipinski definition) is 3. The van der Waals surface area contributed by atoms with Crippen LogP contribution in [0.1, 0.15) is 84.0 Å². The fourth-order valence-corrected chi connectivity index (χ4v) is 3.50. The van der Waals surface area contributed by atoms with E-state index in [2.05, 4.69) is 23.6 Å². The highest BCUT2D eigenvalue weighted by Crippen LogP contribution is 2.35. The Bertz CT molecular complexity index is 533. The predicted octanol–water partition coefficient (Wildman–Crippen LogP) is 4.02. The summed E-state index contributed by atoms with van der Waals surface area (Å²) < 4.78 is 25.2. The van der Waals surface area contributed by atoms with Crippen molar-refractivity contribution in [2.24, 2.45) is 0 Å². The normalized spacial score (nSPS) is 19.9. The van der Waals surface area contributed by atoms with Crippen molar-refractivity contribution in [2.45, 2.75) is 102 Å². The lowest BCUT2D eigenvalue weighted by Gasteiger charge is -2.12. The van der Waals surface area contributed by atoms with E-state index >= 15 is 0 Å². The van der Waals surface area contributed by atoms with Crippen molar-refractivity contribution in [2.75, 3.05) is 13.2 Å². The molecule has 1 rings (SSSR count). The maximum atomic E-state index is 11.6. The van der Waals surface area contributed by atoms with Crippen molar-refractivity contribution in [3.63, 3.8) is 0 Å². The zero-order chi connectivity index (χ0) is 22.2. The van der Waals surface area contributed by atoms with Crippen molar-refractivity contribution in [1.82, 2.24) is 0 Å². The summed E-state index contributed by atoms with van der Waals surface area (Å²) in [6, 6.07) is 0. The number of allylic oxidation sites excluding steroid dienone is 1. The fourth-order valence-electron chi connectivity index (χ4n) is 3.14. The van der Waals surface area contributed by atoms with Crippen LogP contribution in [0.5, 0.6) is 0 Å². The van der Waals surface area contributed by atoms with Crippen LogP contribution in [0.15, 0.2) is 12.2 Å². The molecular weight excluding hydrogens is 411 g/mol. The zero-order valence-electron chi connectivity index (χ0n) is 18.1. The van der Waals surface area contributed by atoms with E-state index in [9.17, 15) is 14.5 Å². The van der Waals surface area contributed by atoms with Crippen LogP contribution in [0.3, 0.4) is 0 Å². The molecule has 176 valence electrons. The van der Waals surface area contributed by atoms with Crippen LogP contribution >= 0.6 is 7.82 Å². The van der Waals surface area contributed by atoms with Gasteiger partial charge < -0.3 is 24.4 Å². The third kappa shape index (κ3) is 16.0. The van der Waals surface area contributed by atoms with Crippen molar-refractivity contribution < 1.29 is 38.3 Å². The Kier molecular flexibility index (Phi) is 14.5. The van der Waals surface area contributed by atoms with Crippen LogP contribution in [0.4, 0.5) is 0 Å². The molecule has 3 unspecified atom stereocenters. The summed E-state index contributed by atoms with van der Waals surface area (Å²) >= 11 is 0. The number of phosphoric acid groups is 1. The largest absolute Gasteiger partial charge is 0.469 e. The lowest BCUT2D eigenvalue weighted by Crippen LogP contribution is -2.23. The van der Waals surface area contributed by atoms with Crippen LogP contribution in [-0.4, -0.2) is 52.4 Å². The summed E-state index contributed by atoms with van der Waals surface area (Å²) in [4.78, 5) is 28.6. The molecule has 1 aliphatic rings. The Morgan fingerprint density at radius 2 is 1.77 bits per heavy atom. The molecule has 0 aromatic rings. The molecule has 8 nitrogen and oxygen atoms in total. The highest BCUT2D eigenvalue weighted by atomic mass is 31.2. The van der Waals surface area contributed by atoms with Crippen molar-refractivity contribution in [3.8, 4) is 0 Å². The van der Waals surface area contributed by atoms with Gasteiger partial charge in [-0.1, -0.05) is 57.6 Å². The van der Waals surface area contributed by atoms with Gasteiger partial charge in [0.05, 0.1) is 18.8 Å². The molecule has 0 bridgehead atoms. The quantitative estimate of drug-likeness (QED) is 0.0885. The molecule has 1 heterocycles. The van der Waals surface area contributed by atoms with Gasteiger partial charge in [-0.25, -0.2) is 4.57 Å². The Morgan fingerprint density at radius 1 is 1.03 bits per heavy atom. The third-order valence-electron chi connectivity index (χ3n) is 4.94. The van der Waals surface area contributed by atoms with Gasteiger partial charge in [-0.3, -0.25) is 9.32 Å². The van der Waals surface area contributed by atoms with Crippen LogP contribution in [0.25, 0.3) is 0 Å². The molecule has 3 N–H and O–H groups in total. The second-order valence-electron chi connectivity index (χ2n) is 7.85. The Morgan fingerprint density at radius 3 is 2.50 bits per heavy atom. The first-order valence-electron chi connectivity index (χ1n) is 11.2. The number of aliphatic hydroxyl groups excluding tert-OH is 1. The summed E-state index contributed by atoms with van der Waals surface area (Å²) in [5.41, 5.74) is 0. The number of aliphatic hydroxyl groups is 1. The van der Waals surface area contributed by atoms with Crippen LogP contribution in [0, 0.1) is 0 Å². The second-order valence-corrected chi connectivity index (χ2v) is 9.08. The van der Waals surface area contributed by atoms with Gasteiger partial charge in [-0.05, 0) is 32.1 Å². The van der Waals surface area contributed by atoms with Crippen molar-refractivity contribution in [1.29, 1.82) is 0 Å². The standard InChI is InChI=1S/C21H39O8P/c1-2-3-4-5-7-10-13-19-20(29-19)14-11-8-6-9-12-15-21(23)27-16-18(22)17-28-30(24,25)26/h7,10,18-20,22H,2-6,8-9,11-17H2,1H3,(H2,24,25,26)/b10-7-. The van der Waals surface area contributed by atoms with E-state index in [0.717, 1.165) is 44.9 Å². The van der Waals surface area contributed by atoms with Crippen LogP contribution in [0.2, 0.25) is 0 Å². The van der Waals surface area contributed by atoms with Gasteiger partial charge in [0, 0.05) is 6.42 Å². The van der Waals surface area contributed by atoms with E-state index in [0.29, 0.717) is 12.2 Å². The Balaban J connectivity index is 1.87. The number of epoxide rings is 1. The van der Waals surface area contributed by atoms with Gasteiger partial charge in [-0.2, -0.15) is 0 Å². The lowest BCUT2D eigenvalue weighted by molar-refractivity contribution is -0.147. The molecule has 0 saturated carbocycles. The van der Waals surface area contributed by atoms with E-state index in [-0.39, 0.29) is 13.0 Å². The van der Waals surface area contributed by atoms with Crippen LogP contribution in [-0.2, 0) is 23.4 Å². The Labute approximate surface area is 180 Å². The first-order valence-corrected chi connectivity index (χ1v) is 12.7. The maximum Gasteiger partial charge on any atom is 0.469 e. The fraction of sp³-hybridized carbons (Fsp3) is 0.857. The predicted molar refractivity (Wildman–Crippen MR) is 114 cm³/mol. The topological polar surface area (TPSA) is 126 Å². The number of unbranched alkanes of at least 4 members (excludes halogenated alkanes) is 7. The van der Waals surface area contributed by atoms with E-state index in [1.165, 1.54) is 25.7 Å². The number of esters is 1. The molecule has 0 radical (unpaired) electrons. The molecule has 0 aliphatic carbocycles. The number of rotatable bonds is 19. The highest BCUT2D eigenvalue weighted by Gasteiger charge is 2.36. The van der Waals surface area contributed by atoms with Gasteiger partial charge in [0.15, 0.2) is 0 Å². The molecule has 1 saturated heterocycles. The minimum atomic E-state index is -4.63. The van der Waals surface area contributed by atoms with Gasteiger partial charge in [-0.15, -0.1) is 0 Å². The molecule has 0 spiro atoms. The van der Waals surface area contributed by atoms with Crippen molar-refractivity contribution >= 4 is 13.8 Å². The molecular formula is C21H39O8P. The van der Waals surface area contributed by atoms with Crippen molar-refractivity contribution in [3.05, 3.63) is 12.2 Å². The maximum absolute atomic E-state index is 11.6. The number of carbonyl (C=O) groups is 1. The van der Waals surface area contributed by atoms with Crippen LogP contribution < -0.4 is 0 Å². The van der Waals surface area contributed by atoms with E-state index in [1.54, 1.807) is 0 Å². The van der Waals surface area contributed by atoms with E-state index in [4.69, 9.17) is 19.3 Å². The van der Waals surface area contributed by atoms with E-state index < -0.39 is 26.5 Å². The molecule has 3 atom stereocenters. The first-order chi connectivity index (χ1) is 14.3. The summed E-state index contributed by atoms with van der Waals surface area (Å²) in [6.07, 6.45) is 16.5. The molecule has 9 heteroatoms. The lowest BCUT2D eigenvalue weighted by atomic mass is 10.1. The van der Waals surface area contributed by atoms with E-state index in [1.807, 2.05) is 0 Å². The number of ether oxygens (including phenoxy) is 2. The molecule has 0 aromatic heterocycles. The molecule has 1 fully saturated rings. The summed E-state index contributed by atoms with van der Waals surface area (Å²) in [6.45, 7) is 1.29. The number of carbonyl (C=O) groups excluding carboxylic acids is 1. The summed E-state index contributed by atoms with van der Waals surface area (Å²) in [5.74, 6) is -0.429. The number of phosphoric ester groups is 1. The molecule has 0 amide bonds. The molecule has 0 aromatic carbocycles. The SMILES string of the molecule is CCCCC/C=C\CC1OC1CCCCCCCC(=O)OCC(O)COP(=O)(O)O. The number of hydrogen-bond acceptors (Lipinski definition) is 6. The third-order valence-corrected chi connectivity index (χ3v) is 5.42. The van der Waals surface area contributed by atoms with Gasteiger partial charge >= 0.3 is 13.8 Å². The minimum absolute atomic E-state index is 0.268. The Hall–Kier alpha value is -0.760. The molecule has 1 aliphatic heterocycles. The molecule has 30 heavy (non-hydrogen) atoms.